The summed E-state index contributed by atoms with van der Waals surface area (Å²) in [4.78, 5) is 6.99. The number of likely N-dealkylation sites (tertiary alicyclic amines) is 1. The van der Waals surface area contributed by atoms with E-state index in [9.17, 15) is 9.65 Å². The van der Waals surface area contributed by atoms with Crippen LogP contribution in [-0.2, 0) is 0 Å². The van der Waals surface area contributed by atoms with Crippen molar-refractivity contribution < 1.29 is 4.39 Å². The van der Waals surface area contributed by atoms with Gasteiger partial charge in [-0.1, -0.05) is 23.2 Å². The molecule has 1 atom stereocenters. The lowest BCUT2D eigenvalue weighted by Crippen LogP contribution is -2.52. The van der Waals surface area contributed by atoms with Crippen LogP contribution in [0.1, 0.15) is 39.2 Å². The average molecular weight is 653 g/mol. The number of nitrogens with zero attached hydrogens (tertiary/aromatic N) is 5. The standard InChI is InChI=1S/C31H36Cl2FN11/c1-31(2,3)44-9-7-21(8-10-44)45-17-27(40-42-45)30(26-16-43(4)41-39-26)38-20-11-22-28(37-19-5-6-25(34)23(32)12-19)18(14-35)15-36-29(22)24(33)13-20/h5-6,11-13,15-17,21,30,38-42H,7-10H2,1-4H3,(H,36,37). The topological polar surface area (TPSA) is 119 Å². The molecular weight excluding hydrogens is 616 g/mol. The largest absolute Gasteiger partial charge is 0.371 e. The first kappa shape index (κ1) is 31.0. The summed E-state index contributed by atoms with van der Waals surface area (Å²) in [6.07, 6.45) is 7.63. The van der Waals surface area contributed by atoms with Crippen LogP contribution in [0.5, 0.6) is 0 Å². The maximum atomic E-state index is 13.8. The molecule has 14 heteroatoms. The zero-order chi connectivity index (χ0) is 31.9. The van der Waals surface area contributed by atoms with Gasteiger partial charge in [-0.15, -0.1) is 11.1 Å². The molecule has 1 aromatic heterocycles. The van der Waals surface area contributed by atoms with Gasteiger partial charge in [0.2, 0.25) is 0 Å². The average Bonchev–Trinajstić information content (AvgIpc) is 3.67. The van der Waals surface area contributed by atoms with Crippen LogP contribution in [0.3, 0.4) is 0 Å². The maximum absolute atomic E-state index is 13.8. The van der Waals surface area contributed by atoms with E-state index in [0.29, 0.717) is 44.6 Å². The van der Waals surface area contributed by atoms with Crippen LogP contribution in [0.2, 0.25) is 10.0 Å². The quantitative estimate of drug-likeness (QED) is 0.200. The molecule has 0 radical (unpaired) electrons. The number of piperidine rings is 1. The fraction of sp³-hybridized carbons (Fsp3) is 0.355. The van der Waals surface area contributed by atoms with E-state index in [1.807, 2.05) is 30.4 Å². The fourth-order valence-corrected chi connectivity index (χ4v) is 6.29. The molecule has 0 bridgehead atoms. The Kier molecular flexibility index (Phi) is 8.56. The van der Waals surface area contributed by atoms with Crippen molar-refractivity contribution in [1.82, 2.24) is 41.8 Å². The Bertz CT molecular complexity index is 1710. The number of rotatable bonds is 7. The summed E-state index contributed by atoms with van der Waals surface area (Å²) >= 11 is 12.8. The molecular formula is C31H36Cl2FN11. The van der Waals surface area contributed by atoms with E-state index in [2.05, 4.69) is 80.5 Å². The predicted octanol–water partition coefficient (Wildman–Crippen LogP) is 5.30. The zero-order valence-electron chi connectivity index (χ0n) is 25.5. The molecule has 0 amide bonds. The Morgan fingerprint density at radius 2 is 1.73 bits per heavy atom. The highest BCUT2D eigenvalue weighted by Crippen LogP contribution is 2.36. The summed E-state index contributed by atoms with van der Waals surface area (Å²) in [5.74, 6) is -0.531. The summed E-state index contributed by atoms with van der Waals surface area (Å²) < 4.78 is 13.8. The van der Waals surface area contributed by atoms with Gasteiger partial charge in [0.15, 0.2) is 0 Å². The molecule has 3 aliphatic heterocycles. The minimum absolute atomic E-state index is 0.0317. The van der Waals surface area contributed by atoms with Gasteiger partial charge in [0.25, 0.3) is 0 Å². The van der Waals surface area contributed by atoms with Crippen molar-refractivity contribution in [3.63, 3.8) is 0 Å². The number of hydrogen-bond donors (Lipinski definition) is 6. The molecule has 0 saturated carbocycles. The number of fused-ring (bicyclic) bond motifs is 1. The summed E-state index contributed by atoms with van der Waals surface area (Å²) in [5, 5.41) is 21.7. The number of aromatic nitrogens is 1. The van der Waals surface area contributed by atoms with E-state index < -0.39 is 5.82 Å². The van der Waals surface area contributed by atoms with E-state index in [-0.39, 0.29) is 16.6 Å². The van der Waals surface area contributed by atoms with E-state index in [1.54, 1.807) is 6.07 Å². The van der Waals surface area contributed by atoms with Gasteiger partial charge in [-0.3, -0.25) is 19.9 Å². The van der Waals surface area contributed by atoms with Crippen molar-refractivity contribution in [2.75, 3.05) is 30.8 Å². The number of nitrogens with one attached hydrogen (secondary N) is 6. The minimum atomic E-state index is -0.531. The maximum Gasteiger partial charge on any atom is 0.141 e. The highest BCUT2D eigenvalue weighted by Gasteiger charge is 2.33. The van der Waals surface area contributed by atoms with Gasteiger partial charge >= 0.3 is 0 Å². The second kappa shape index (κ2) is 12.4. The first-order valence-corrected chi connectivity index (χ1v) is 15.5. The van der Waals surface area contributed by atoms with Crippen LogP contribution < -0.4 is 32.6 Å². The van der Waals surface area contributed by atoms with Gasteiger partial charge in [0, 0.05) is 67.1 Å². The molecule has 6 rings (SSSR count). The lowest BCUT2D eigenvalue weighted by atomic mass is 9.98. The lowest BCUT2D eigenvalue weighted by molar-refractivity contribution is 0.0570. The van der Waals surface area contributed by atoms with Crippen LogP contribution in [0, 0.1) is 17.1 Å². The van der Waals surface area contributed by atoms with Crippen molar-refractivity contribution in [3.05, 3.63) is 81.7 Å². The highest BCUT2D eigenvalue weighted by atomic mass is 35.5. The second-order valence-electron chi connectivity index (χ2n) is 12.4. The number of pyridine rings is 1. The first-order chi connectivity index (χ1) is 21.5. The number of nitriles is 1. The van der Waals surface area contributed by atoms with Gasteiger partial charge in [-0.05, 0) is 63.9 Å². The third-order valence-corrected chi connectivity index (χ3v) is 8.87. The number of halogens is 3. The monoisotopic (exact) mass is 651 g/mol. The normalized spacial score (nSPS) is 18.3. The lowest BCUT2D eigenvalue weighted by Gasteiger charge is -2.42. The molecule has 0 spiro atoms. The minimum Gasteiger partial charge on any atom is -0.371 e. The van der Waals surface area contributed by atoms with Crippen LogP contribution in [0.15, 0.2) is 60.3 Å². The van der Waals surface area contributed by atoms with Gasteiger partial charge in [-0.2, -0.15) is 5.26 Å². The van der Waals surface area contributed by atoms with E-state index in [1.165, 1.54) is 18.3 Å². The van der Waals surface area contributed by atoms with Gasteiger partial charge in [0.05, 0.1) is 38.2 Å². The second-order valence-corrected chi connectivity index (χ2v) is 13.2. The smallest absolute Gasteiger partial charge is 0.141 e. The van der Waals surface area contributed by atoms with Crippen LogP contribution in [0.25, 0.3) is 10.9 Å². The molecule has 1 fully saturated rings. The molecule has 3 aliphatic rings. The molecule has 4 heterocycles. The molecule has 0 aliphatic carbocycles. The Labute approximate surface area is 271 Å². The third-order valence-electron chi connectivity index (χ3n) is 8.29. The van der Waals surface area contributed by atoms with Crippen LogP contribution >= 0.6 is 23.2 Å². The van der Waals surface area contributed by atoms with Gasteiger partial charge < -0.3 is 21.5 Å². The molecule has 1 unspecified atom stereocenters. The molecule has 2 aromatic carbocycles. The third kappa shape index (κ3) is 6.54. The Morgan fingerprint density at radius 1 is 1.02 bits per heavy atom. The summed E-state index contributed by atoms with van der Waals surface area (Å²) in [6.45, 7) is 8.86. The summed E-state index contributed by atoms with van der Waals surface area (Å²) in [7, 11) is 1.91. The van der Waals surface area contributed by atoms with Crippen molar-refractivity contribution in [1.29, 1.82) is 5.26 Å². The van der Waals surface area contributed by atoms with Crippen LogP contribution in [-0.4, -0.2) is 57.7 Å². The molecule has 1 saturated heterocycles. The zero-order valence-corrected chi connectivity index (χ0v) is 27.0. The number of benzene rings is 2. The van der Waals surface area contributed by atoms with Crippen molar-refractivity contribution >= 4 is 51.2 Å². The molecule has 45 heavy (non-hydrogen) atoms. The molecule has 6 N–H and O–H groups in total. The Morgan fingerprint density at radius 3 is 2.40 bits per heavy atom. The Hall–Kier alpha value is -3.99. The fourth-order valence-electron chi connectivity index (χ4n) is 5.84. The van der Waals surface area contributed by atoms with E-state index >= 15 is 0 Å². The summed E-state index contributed by atoms with van der Waals surface area (Å²) in [6, 6.07) is 10.2. The Balaban J connectivity index is 1.32. The van der Waals surface area contributed by atoms with E-state index in [4.69, 9.17) is 23.2 Å². The highest BCUT2D eigenvalue weighted by molar-refractivity contribution is 6.36. The first-order valence-electron chi connectivity index (χ1n) is 14.7. The molecule has 236 valence electrons. The van der Waals surface area contributed by atoms with Crippen molar-refractivity contribution in [3.8, 4) is 6.07 Å². The van der Waals surface area contributed by atoms with Gasteiger partial charge in [0.1, 0.15) is 17.9 Å². The molecule has 11 nitrogen and oxygen atoms in total. The molecule has 3 aromatic rings. The van der Waals surface area contributed by atoms with Gasteiger partial charge in [-0.25, -0.2) is 4.39 Å². The summed E-state index contributed by atoms with van der Waals surface area (Å²) in [5.41, 5.74) is 17.5. The van der Waals surface area contributed by atoms with Crippen molar-refractivity contribution in [2.24, 2.45) is 0 Å². The number of anilines is 3. The number of hydrazine groups is 4. The van der Waals surface area contributed by atoms with E-state index in [0.717, 1.165) is 37.3 Å². The van der Waals surface area contributed by atoms with Crippen LogP contribution in [0.4, 0.5) is 21.5 Å². The SMILES string of the molecule is CN1C=C(C(Nc2cc(Cl)c3ncc(C#N)c(Nc4ccc(F)c(Cl)c4)c3c2)C2=CN(C3CCN(C(C)(C)C)CC3)NN2)NN1. The van der Waals surface area contributed by atoms with Crippen molar-refractivity contribution in [2.45, 2.75) is 51.2 Å². The predicted molar refractivity (Wildman–Crippen MR) is 176 cm³/mol. The number of hydrogen-bond acceptors (Lipinski definition) is 11.